The van der Waals surface area contributed by atoms with E-state index in [4.69, 9.17) is 5.73 Å². The van der Waals surface area contributed by atoms with Gasteiger partial charge in [0.1, 0.15) is 11.6 Å². The third-order valence-electron chi connectivity index (χ3n) is 5.98. The number of carbonyl (C=O) groups excluding carboxylic acids is 2. The second-order valence-electron chi connectivity index (χ2n) is 8.83. The molecule has 0 aliphatic carbocycles. The Balaban J connectivity index is 0.000000444. The number of aromatic nitrogens is 4. The summed E-state index contributed by atoms with van der Waals surface area (Å²) in [5.41, 5.74) is 8.70. The molecule has 2 atom stereocenters. The molecule has 3 heterocycles. The minimum atomic E-state index is 0.0353. The lowest BCUT2D eigenvalue weighted by Gasteiger charge is -2.22. The van der Waals surface area contributed by atoms with Crippen LogP contribution < -0.4 is 11.1 Å². The Hall–Kier alpha value is -4.07. The molecular weight excluding hydrogens is 452 g/mol. The van der Waals surface area contributed by atoms with Crippen LogP contribution in [0.25, 0.3) is 22.6 Å². The van der Waals surface area contributed by atoms with Crippen LogP contribution in [-0.2, 0) is 4.79 Å². The van der Waals surface area contributed by atoms with Gasteiger partial charge in [0.05, 0.1) is 5.52 Å². The van der Waals surface area contributed by atoms with E-state index in [9.17, 15) is 9.59 Å². The molecule has 0 saturated carbocycles. The number of H-pyrrole nitrogens is 1. The van der Waals surface area contributed by atoms with Gasteiger partial charge in [-0.2, -0.15) is 0 Å². The first-order chi connectivity index (χ1) is 17.4. The summed E-state index contributed by atoms with van der Waals surface area (Å²) in [5.74, 6) is 1.75. The molecular formula is C28H34N6O2. The van der Waals surface area contributed by atoms with Crippen molar-refractivity contribution in [2.75, 3.05) is 11.1 Å². The zero-order valence-corrected chi connectivity index (χ0v) is 21.1. The van der Waals surface area contributed by atoms with Gasteiger partial charge in [0.25, 0.3) is 0 Å². The number of aromatic amines is 1. The number of nitrogen functional groups attached to an aromatic ring is 1. The summed E-state index contributed by atoms with van der Waals surface area (Å²) >= 11 is 0. The summed E-state index contributed by atoms with van der Waals surface area (Å²) in [4.78, 5) is 39.3. The highest BCUT2D eigenvalue weighted by Gasteiger charge is 2.23. The van der Waals surface area contributed by atoms with Crippen LogP contribution in [0.2, 0.25) is 0 Å². The van der Waals surface area contributed by atoms with Crippen molar-refractivity contribution in [1.29, 1.82) is 0 Å². The molecule has 0 radical (unpaired) electrons. The third-order valence-corrected chi connectivity index (χ3v) is 5.98. The molecule has 8 nitrogen and oxygen atoms in total. The average Bonchev–Trinajstić information content (AvgIpc) is 3.32. The summed E-state index contributed by atoms with van der Waals surface area (Å²) in [6.45, 7) is 6.44. The molecule has 3 aromatic heterocycles. The number of nitrogens with one attached hydrogen (secondary N) is 2. The van der Waals surface area contributed by atoms with Crippen LogP contribution in [0.15, 0.2) is 60.9 Å². The maximum Gasteiger partial charge on any atom is 0.227 e. The topological polar surface area (TPSA) is 127 Å². The average molecular weight is 487 g/mol. The second kappa shape index (κ2) is 13.1. The van der Waals surface area contributed by atoms with E-state index in [1.165, 1.54) is 6.20 Å². The van der Waals surface area contributed by atoms with E-state index in [1.807, 2.05) is 36.4 Å². The molecule has 0 aliphatic rings. The number of pyridine rings is 2. The fraction of sp³-hybridized carbons (Fsp3) is 0.321. The Morgan fingerprint density at radius 1 is 1.08 bits per heavy atom. The quantitative estimate of drug-likeness (QED) is 0.253. The Labute approximate surface area is 211 Å². The number of hydrogen-bond acceptors (Lipinski definition) is 6. The van der Waals surface area contributed by atoms with Gasteiger partial charge in [0.2, 0.25) is 5.91 Å². The predicted octanol–water partition coefficient (Wildman–Crippen LogP) is 5.89. The molecule has 36 heavy (non-hydrogen) atoms. The Bertz CT molecular complexity index is 1250. The molecule has 8 heteroatoms. The molecule has 4 rings (SSSR count). The van der Waals surface area contributed by atoms with Gasteiger partial charge in [0, 0.05) is 35.1 Å². The largest absolute Gasteiger partial charge is 0.384 e. The van der Waals surface area contributed by atoms with Gasteiger partial charge in [-0.25, -0.2) is 15.0 Å². The monoisotopic (exact) mass is 486 g/mol. The smallest absolute Gasteiger partial charge is 0.227 e. The third kappa shape index (κ3) is 7.21. The summed E-state index contributed by atoms with van der Waals surface area (Å²) in [5, 5.41) is 3.07. The van der Waals surface area contributed by atoms with Crippen molar-refractivity contribution in [3.63, 3.8) is 0 Å². The van der Waals surface area contributed by atoms with Crippen molar-refractivity contribution in [3.05, 3.63) is 66.5 Å². The van der Waals surface area contributed by atoms with E-state index in [0.29, 0.717) is 34.3 Å². The highest BCUT2D eigenvalue weighted by atomic mass is 16.1. The number of imidazole rings is 1. The summed E-state index contributed by atoms with van der Waals surface area (Å²) in [6.07, 6.45) is 7.97. The maximum atomic E-state index is 12.8. The zero-order valence-electron chi connectivity index (χ0n) is 21.1. The Morgan fingerprint density at radius 3 is 2.42 bits per heavy atom. The SMILES string of the molecule is CCCC(C)C(CCC)C(=O)Nc1ccc(-c2nc3ncc(C=O)cc3[nH]2)cc1.Nc1ccccn1. The Morgan fingerprint density at radius 2 is 1.83 bits per heavy atom. The van der Waals surface area contributed by atoms with Gasteiger partial charge in [-0.05, 0) is 54.8 Å². The van der Waals surface area contributed by atoms with Gasteiger partial charge >= 0.3 is 0 Å². The second-order valence-corrected chi connectivity index (χ2v) is 8.83. The normalized spacial score (nSPS) is 12.3. The molecule has 0 saturated heterocycles. The first-order valence-corrected chi connectivity index (χ1v) is 12.3. The van der Waals surface area contributed by atoms with Gasteiger partial charge < -0.3 is 16.0 Å². The molecule has 0 bridgehead atoms. The van der Waals surface area contributed by atoms with Crippen molar-refractivity contribution >= 4 is 34.9 Å². The maximum absolute atomic E-state index is 12.8. The van der Waals surface area contributed by atoms with Gasteiger partial charge in [-0.15, -0.1) is 0 Å². The van der Waals surface area contributed by atoms with E-state index < -0.39 is 0 Å². The number of amides is 1. The summed E-state index contributed by atoms with van der Waals surface area (Å²) in [6, 6.07) is 14.8. The zero-order chi connectivity index (χ0) is 25.9. The van der Waals surface area contributed by atoms with Crippen LogP contribution in [-0.4, -0.2) is 32.1 Å². The van der Waals surface area contributed by atoms with Crippen molar-refractivity contribution in [1.82, 2.24) is 19.9 Å². The molecule has 4 N–H and O–H groups in total. The molecule has 0 spiro atoms. The predicted molar refractivity (Wildman–Crippen MR) is 144 cm³/mol. The lowest BCUT2D eigenvalue weighted by atomic mass is 9.86. The highest BCUT2D eigenvalue weighted by molar-refractivity contribution is 5.93. The number of aldehydes is 1. The van der Waals surface area contributed by atoms with E-state index in [1.54, 1.807) is 18.3 Å². The van der Waals surface area contributed by atoms with E-state index in [0.717, 1.165) is 43.2 Å². The van der Waals surface area contributed by atoms with E-state index >= 15 is 0 Å². The molecule has 188 valence electrons. The van der Waals surface area contributed by atoms with Crippen molar-refractivity contribution < 1.29 is 9.59 Å². The summed E-state index contributed by atoms with van der Waals surface area (Å²) < 4.78 is 0. The van der Waals surface area contributed by atoms with E-state index in [2.05, 4.69) is 46.0 Å². The standard InChI is InChI=1S/C23H28N4O2.C5H6N2/c1-4-6-15(3)19(7-5-2)23(29)25-18-10-8-17(9-11-18)21-26-20-12-16(14-28)13-24-22(20)27-21;6-5-3-1-2-4-7-5/h8-15,19H,4-7H2,1-3H3,(H,25,29)(H,24,26,27);1-4H,(H2,6,7). The highest BCUT2D eigenvalue weighted by Crippen LogP contribution is 2.25. The van der Waals surface area contributed by atoms with Gasteiger partial charge in [0.15, 0.2) is 11.9 Å². The fourth-order valence-electron chi connectivity index (χ4n) is 4.08. The van der Waals surface area contributed by atoms with E-state index in [-0.39, 0.29) is 11.8 Å². The fourth-order valence-corrected chi connectivity index (χ4v) is 4.08. The number of nitrogens with zero attached hydrogens (tertiary/aromatic N) is 3. The molecule has 2 unspecified atom stereocenters. The van der Waals surface area contributed by atoms with Crippen LogP contribution >= 0.6 is 0 Å². The molecule has 1 amide bonds. The number of fused-ring (bicyclic) bond motifs is 1. The number of hydrogen-bond donors (Lipinski definition) is 3. The molecule has 4 aromatic rings. The van der Waals surface area contributed by atoms with Crippen molar-refractivity contribution in [3.8, 4) is 11.4 Å². The lowest BCUT2D eigenvalue weighted by molar-refractivity contribution is -0.121. The molecule has 1 aromatic carbocycles. The number of benzene rings is 1. The minimum Gasteiger partial charge on any atom is -0.384 e. The van der Waals surface area contributed by atoms with Crippen LogP contribution in [0.5, 0.6) is 0 Å². The van der Waals surface area contributed by atoms with Gasteiger partial charge in [-0.3, -0.25) is 9.59 Å². The molecule has 0 fully saturated rings. The van der Waals surface area contributed by atoms with Crippen LogP contribution in [0.3, 0.4) is 0 Å². The molecule has 0 aliphatic heterocycles. The van der Waals surface area contributed by atoms with Crippen molar-refractivity contribution in [2.45, 2.75) is 46.5 Å². The number of nitrogens with two attached hydrogens (primary N) is 1. The minimum absolute atomic E-state index is 0.0353. The number of carbonyl (C=O) groups is 2. The van der Waals surface area contributed by atoms with Crippen molar-refractivity contribution in [2.24, 2.45) is 11.8 Å². The van der Waals surface area contributed by atoms with Crippen LogP contribution in [0.4, 0.5) is 11.5 Å². The lowest BCUT2D eigenvalue weighted by Crippen LogP contribution is -2.28. The van der Waals surface area contributed by atoms with Crippen LogP contribution in [0, 0.1) is 11.8 Å². The Kier molecular flexibility index (Phi) is 9.68. The van der Waals surface area contributed by atoms with Gasteiger partial charge in [-0.1, -0.05) is 46.1 Å². The number of anilines is 2. The first kappa shape index (κ1) is 26.5. The number of rotatable bonds is 9. The first-order valence-electron chi connectivity index (χ1n) is 12.3. The van der Waals surface area contributed by atoms with Crippen LogP contribution in [0.1, 0.15) is 56.8 Å². The summed E-state index contributed by atoms with van der Waals surface area (Å²) in [7, 11) is 0.